The fourth-order valence-corrected chi connectivity index (χ4v) is 0.635. The van der Waals surface area contributed by atoms with Gasteiger partial charge in [0.25, 0.3) is 0 Å². The molecule has 0 fully saturated rings. The molecule has 0 spiro atoms. The minimum absolute atomic E-state index is 0.0993. The summed E-state index contributed by atoms with van der Waals surface area (Å²) in [6, 6.07) is 0. The van der Waals surface area contributed by atoms with E-state index in [9.17, 15) is 9.59 Å². The molecule has 0 bridgehead atoms. The lowest BCUT2D eigenvalue weighted by atomic mass is 10.3. The van der Waals surface area contributed by atoms with Crippen LogP contribution in [0.25, 0.3) is 0 Å². The minimum Gasteiger partial charge on any atom is -0.456 e. The first-order valence-corrected chi connectivity index (χ1v) is 3.90. The van der Waals surface area contributed by atoms with Gasteiger partial charge in [-0.1, -0.05) is 0 Å². The Morgan fingerprint density at radius 3 is 2.36 bits per heavy atom. The molecule has 0 aromatic carbocycles. The number of hydrogen-bond donors (Lipinski definition) is 0. The van der Waals surface area contributed by atoms with Gasteiger partial charge < -0.3 is 9.47 Å². The van der Waals surface area contributed by atoms with E-state index in [-0.39, 0.29) is 6.61 Å². The van der Waals surface area contributed by atoms with Gasteiger partial charge in [0.15, 0.2) is 0 Å². The third-order valence-corrected chi connectivity index (χ3v) is 1.30. The van der Waals surface area contributed by atoms with Gasteiger partial charge in [-0.25, -0.2) is 9.59 Å². The molecule has 0 rings (SSSR count). The lowest BCUT2D eigenvalue weighted by Gasteiger charge is -2.09. The van der Waals surface area contributed by atoms with Gasteiger partial charge >= 0.3 is 11.9 Å². The van der Waals surface area contributed by atoms with Gasteiger partial charge in [0.1, 0.15) is 6.10 Å². The van der Waals surface area contributed by atoms with E-state index in [1.54, 1.807) is 18.8 Å². The molecular formula is C10H10O4. The van der Waals surface area contributed by atoms with Crippen molar-refractivity contribution in [1.29, 1.82) is 0 Å². The second-order valence-electron chi connectivity index (χ2n) is 2.43. The summed E-state index contributed by atoms with van der Waals surface area (Å²) in [5.41, 5.74) is 0. The number of ether oxygens (including phenoxy) is 2. The maximum Gasteiger partial charge on any atom is 0.384 e. The summed E-state index contributed by atoms with van der Waals surface area (Å²) in [7, 11) is 0. The Kier molecular flexibility index (Phi) is 5.65. The van der Waals surface area contributed by atoms with Crippen molar-refractivity contribution in [3.05, 3.63) is 0 Å². The molecule has 1 unspecified atom stereocenters. The summed E-state index contributed by atoms with van der Waals surface area (Å²) in [5, 5.41) is 0. The molecule has 0 saturated heterocycles. The van der Waals surface area contributed by atoms with Crippen molar-refractivity contribution in [2.24, 2.45) is 0 Å². The Morgan fingerprint density at radius 1 is 1.29 bits per heavy atom. The second-order valence-corrected chi connectivity index (χ2v) is 2.43. The zero-order chi connectivity index (χ0) is 11.0. The highest BCUT2D eigenvalue weighted by Gasteiger charge is 2.07. The van der Waals surface area contributed by atoms with Gasteiger partial charge in [-0.05, 0) is 6.92 Å². The highest BCUT2D eigenvalue weighted by atomic mass is 16.6. The van der Waals surface area contributed by atoms with Crippen LogP contribution in [0.5, 0.6) is 0 Å². The Hall–Kier alpha value is -1.94. The highest BCUT2D eigenvalue weighted by molar-refractivity contribution is 5.88. The van der Waals surface area contributed by atoms with E-state index >= 15 is 0 Å². The number of carbonyl (C=O) groups excluding carboxylic acids is 2. The quantitative estimate of drug-likeness (QED) is 0.362. The van der Waals surface area contributed by atoms with Crippen LogP contribution in [0.15, 0.2) is 0 Å². The fraction of sp³-hybridized carbons (Fsp3) is 0.400. The first-order chi connectivity index (χ1) is 6.60. The molecule has 0 aromatic heterocycles. The average molecular weight is 194 g/mol. The van der Waals surface area contributed by atoms with Crippen LogP contribution >= 0.6 is 0 Å². The normalized spacial score (nSPS) is 10.5. The number of esters is 2. The van der Waals surface area contributed by atoms with Gasteiger partial charge in [0.05, 0.1) is 6.61 Å². The summed E-state index contributed by atoms with van der Waals surface area (Å²) >= 11 is 0. The molecule has 4 heteroatoms. The van der Waals surface area contributed by atoms with Crippen molar-refractivity contribution in [2.45, 2.75) is 19.4 Å². The Bertz CT molecular complexity index is 292. The molecule has 0 N–H and O–H groups in total. The average Bonchev–Trinajstić information content (AvgIpc) is 2.17. The maximum absolute atomic E-state index is 10.6. The van der Waals surface area contributed by atoms with Gasteiger partial charge in [-0.15, -0.1) is 12.8 Å². The predicted octanol–water partition coefficient (Wildman–Crippen LogP) is 0.118. The first-order valence-electron chi connectivity index (χ1n) is 3.90. The zero-order valence-electron chi connectivity index (χ0n) is 7.78. The molecule has 14 heavy (non-hydrogen) atoms. The van der Waals surface area contributed by atoms with Gasteiger partial charge in [-0.3, -0.25) is 0 Å². The molecule has 0 aliphatic rings. The third kappa shape index (κ3) is 5.68. The molecule has 4 nitrogen and oxygen atoms in total. The molecule has 0 heterocycles. The van der Waals surface area contributed by atoms with Crippen LogP contribution < -0.4 is 0 Å². The largest absolute Gasteiger partial charge is 0.456 e. The zero-order valence-corrected chi connectivity index (χ0v) is 7.78. The summed E-state index contributed by atoms with van der Waals surface area (Å²) in [4.78, 5) is 21.1. The highest BCUT2D eigenvalue weighted by Crippen LogP contribution is 1.98. The molecule has 0 aliphatic heterocycles. The van der Waals surface area contributed by atoms with Crippen LogP contribution in [0.4, 0.5) is 0 Å². The van der Waals surface area contributed by atoms with Crippen LogP contribution in [0.2, 0.25) is 0 Å². The monoisotopic (exact) mass is 194 g/mol. The van der Waals surface area contributed by atoms with Crippen LogP contribution in [0.3, 0.4) is 0 Å². The van der Waals surface area contributed by atoms with Crippen LogP contribution in [-0.2, 0) is 19.1 Å². The van der Waals surface area contributed by atoms with Gasteiger partial charge in [0.2, 0.25) is 0 Å². The lowest BCUT2D eigenvalue weighted by molar-refractivity contribution is -0.143. The molecule has 74 valence electrons. The van der Waals surface area contributed by atoms with Crippen LogP contribution in [-0.4, -0.2) is 24.6 Å². The predicted molar refractivity (Wildman–Crippen MR) is 48.8 cm³/mol. The minimum atomic E-state index is -0.736. The van der Waals surface area contributed by atoms with Crippen molar-refractivity contribution < 1.29 is 19.1 Å². The summed E-state index contributed by atoms with van der Waals surface area (Å²) < 4.78 is 9.26. The van der Waals surface area contributed by atoms with E-state index in [1.165, 1.54) is 0 Å². The molecule has 0 radical (unpaired) electrons. The molecule has 0 aromatic rings. The van der Waals surface area contributed by atoms with Crippen molar-refractivity contribution in [1.82, 2.24) is 0 Å². The Balaban J connectivity index is 3.61. The van der Waals surface area contributed by atoms with Crippen molar-refractivity contribution >= 4 is 11.9 Å². The van der Waals surface area contributed by atoms with E-state index < -0.39 is 18.0 Å². The third-order valence-electron chi connectivity index (χ3n) is 1.30. The first kappa shape index (κ1) is 12.1. The van der Waals surface area contributed by atoms with Crippen molar-refractivity contribution in [3.63, 3.8) is 0 Å². The maximum atomic E-state index is 10.6. The number of carbonyl (C=O) groups is 2. The van der Waals surface area contributed by atoms with E-state index in [1.807, 2.05) is 0 Å². The molecule has 0 aliphatic carbocycles. The number of hydrogen-bond acceptors (Lipinski definition) is 4. The Labute approximate surface area is 82.6 Å². The lowest BCUT2D eigenvalue weighted by Crippen LogP contribution is -2.16. The standard InChI is InChI=1S/C10H10O4/c1-4-9(11)13-7-6-8(3)14-10(12)5-2/h1-2,8H,6-7H2,3H3. The van der Waals surface area contributed by atoms with E-state index in [4.69, 9.17) is 17.6 Å². The summed E-state index contributed by atoms with van der Waals surface area (Å²) in [6.45, 7) is 1.74. The number of terminal acetylenes is 2. The van der Waals surface area contributed by atoms with Crippen molar-refractivity contribution in [2.75, 3.05) is 6.61 Å². The Morgan fingerprint density at radius 2 is 1.86 bits per heavy atom. The SMILES string of the molecule is C#CC(=O)OCCC(C)OC(=O)C#C. The fourth-order valence-electron chi connectivity index (χ4n) is 0.635. The molecule has 0 saturated carbocycles. The topological polar surface area (TPSA) is 52.6 Å². The van der Waals surface area contributed by atoms with E-state index in [0.29, 0.717) is 6.42 Å². The molecule has 1 atom stereocenters. The summed E-state index contributed by atoms with van der Waals surface area (Å²) in [6.07, 6.45) is 9.50. The van der Waals surface area contributed by atoms with E-state index in [0.717, 1.165) is 0 Å². The number of rotatable bonds is 4. The van der Waals surface area contributed by atoms with Gasteiger partial charge in [-0.2, -0.15) is 0 Å². The molecular weight excluding hydrogens is 184 g/mol. The smallest absolute Gasteiger partial charge is 0.384 e. The summed E-state index contributed by atoms with van der Waals surface area (Å²) in [5.74, 6) is 2.12. The van der Waals surface area contributed by atoms with Crippen LogP contribution in [0, 0.1) is 24.7 Å². The van der Waals surface area contributed by atoms with Crippen LogP contribution in [0.1, 0.15) is 13.3 Å². The van der Waals surface area contributed by atoms with E-state index in [2.05, 4.69) is 4.74 Å². The van der Waals surface area contributed by atoms with Crippen molar-refractivity contribution in [3.8, 4) is 24.7 Å². The second kappa shape index (κ2) is 6.56. The molecule has 0 amide bonds. The van der Waals surface area contributed by atoms with Gasteiger partial charge in [0, 0.05) is 18.3 Å².